The van der Waals surface area contributed by atoms with Crippen molar-refractivity contribution in [2.45, 2.75) is 13.0 Å². The molecule has 24 heavy (non-hydrogen) atoms. The lowest BCUT2D eigenvalue weighted by Crippen LogP contribution is -2.24. The normalized spacial score (nSPS) is 12.0. The second kappa shape index (κ2) is 8.47. The lowest BCUT2D eigenvalue weighted by Gasteiger charge is -2.20. The number of anilines is 2. The topological polar surface area (TPSA) is 99.5 Å². The first-order valence-electron chi connectivity index (χ1n) is 7.86. The smallest absolute Gasteiger partial charge is 0.132 e. The maximum atomic E-state index is 6.38. The van der Waals surface area contributed by atoms with E-state index in [1.54, 1.807) is 13.2 Å². The summed E-state index contributed by atoms with van der Waals surface area (Å²) < 4.78 is 10.6. The quantitative estimate of drug-likeness (QED) is 0.709. The third kappa shape index (κ3) is 4.33. The number of rotatable bonds is 8. The molecule has 0 fully saturated rings. The lowest BCUT2D eigenvalue weighted by atomic mass is 10.0. The molecule has 0 saturated carbocycles. The number of nitrogen functional groups attached to an aromatic ring is 1. The van der Waals surface area contributed by atoms with Gasteiger partial charge in [0.05, 0.1) is 24.9 Å². The fraction of sp³-hybridized carbons (Fsp3) is 0.412. The Morgan fingerprint density at radius 2 is 2.04 bits per heavy atom. The number of ether oxygens (including phenoxy) is 2. The third-order valence-corrected chi connectivity index (χ3v) is 3.72. The molecule has 2 rings (SSSR count). The molecule has 0 bridgehead atoms. The molecule has 0 radical (unpaired) electrons. The van der Waals surface area contributed by atoms with Crippen LogP contribution in [0.1, 0.15) is 24.2 Å². The number of methoxy groups -OCH3 is 1. The van der Waals surface area contributed by atoms with Gasteiger partial charge in [-0.25, -0.2) is 9.97 Å². The molecule has 1 unspecified atom stereocenters. The minimum atomic E-state index is -0.456. The molecule has 0 aliphatic rings. The Hall–Kier alpha value is -2.38. The second-order valence-electron chi connectivity index (χ2n) is 5.42. The third-order valence-electron chi connectivity index (χ3n) is 3.72. The van der Waals surface area contributed by atoms with Crippen LogP contribution in [-0.4, -0.2) is 43.9 Å². The van der Waals surface area contributed by atoms with Crippen molar-refractivity contribution in [1.82, 2.24) is 9.97 Å². The van der Waals surface area contributed by atoms with Crippen molar-refractivity contribution in [3.05, 3.63) is 41.9 Å². The van der Waals surface area contributed by atoms with Gasteiger partial charge in [0.25, 0.3) is 0 Å². The fourth-order valence-corrected chi connectivity index (χ4v) is 2.32. The number of hydrogen-bond donors (Lipinski definition) is 2. The number of benzene rings is 1. The van der Waals surface area contributed by atoms with Gasteiger partial charge in [-0.05, 0) is 25.1 Å². The Bertz CT molecular complexity index is 665. The molecule has 0 spiro atoms. The molecule has 0 aliphatic heterocycles. The summed E-state index contributed by atoms with van der Waals surface area (Å²) in [4.78, 5) is 10.6. The Morgan fingerprint density at radius 3 is 2.75 bits per heavy atom. The van der Waals surface area contributed by atoms with Crippen LogP contribution in [0.4, 0.5) is 11.5 Å². The SMILES string of the molecule is CCOc1ccc(N)c(C(N)c2cc(N(C)CCOC)ncn2)c1. The maximum Gasteiger partial charge on any atom is 0.132 e. The number of likely N-dealkylation sites (N-methyl/N-ethyl adjacent to an activating group) is 1. The molecule has 1 aromatic heterocycles. The molecular weight excluding hydrogens is 306 g/mol. The zero-order valence-electron chi connectivity index (χ0n) is 14.4. The predicted octanol–water partition coefficient (Wildman–Crippen LogP) is 1.59. The van der Waals surface area contributed by atoms with Gasteiger partial charge in [0.1, 0.15) is 17.9 Å². The average molecular weight is 331 g/mol. The van der Waals surface area contributed by atoms with Crippen LogP contribution in [0, 0.1) is 0 Å². The highest BCUT2D eigenvalue weighted by atomic mass is 16.5. The van der Waals surface area contributed by atoms with Crippen LogP contribution in [0.25, 0.3) is 0 Å². The molecule has 0 saturated heterocycles. The number of nitrogens with zero attached hydrogens (tertiary/aromatic N) is 3. The van der Waals surface area contributed by atoms with Crippen LogP contribution in [-0.2, 0) is 4.74 Å². The van der Waals surface area contributed by atoms with E-state index in [0.29, 0.717) is 24.6 Å². The van der Waals surface area contributed by atoms with Gasteiger partial charge in [0.2, 0.25) is 0 Å². The zero-order chi connectivity index (χ0) is 17.5. The van der Waals surface area contributed by atoms with Gasteiger partial charge >= 0.3 is 0 Å². The minimum Gasteiger partial charge on any atom is -0.494 e. The van der Waals surface area contributed by atoms with Crippen molar-refractivity contribution < 1.29 is 9.47 Å². The van der Waals surface area contributed by atoms with E-state index >= 15 is 0 Å². The summed E-state index contributed by atoms with van der Waals surface area (Å²) in [6.07, 6.45) is 1.51. The molecule has 2 aromatic rings. The first kappa shape index (κ1) is 18.0. The monoisotopic (exact) mass is 331 g/mol. The van der Waals surface area contributed by atoms with Gasteiger partial charge in [-0.2, -0.15) is 0 Å². The average Bonchev–Trinajstić information content (AvgIpc) is 2.61. The highest BCUT2D eigenvalue weighted by Gasteiger charge is 2.16. The van der Waals surface area contributed by atoms with Gasteiger partial charge < -0.3 is 25.8 Å². The highest BCUT2D eigenvalue weighted by molar-refractivity contribution is 5.54. The van der Waals surface area contributed by atoms with Gasteiger partial charge in [-0.15, -0.1) is 0 Å². The van der Waals surface area contributed by atoms with Crippen LogP contribution in [0.15, 0.2) is 30.6 Å². The van der Waals surface area contributed by atoms with Crippen LogP contribution in [0.2, 0.25) is 0 Å². The number of aromatic nitrogens is 2. The molecule has 4 N–H and O–H groups in total. The van der Waals surface area contributed by atoms with Crippen molar-refractivity contribution in [3.8, 4) is 5.75 Å². The zero-order valence-corrected chi connectivity index (χ0v) is 14.4. The summed E-state index contributed by atoms with van der Waals surface area (Å²) in [6.45, 7) is 3.86. The standard InChI is InChI=1S/C17H25N5O2/c1-4-24-12-5-6-14(18)13(9-12)17(19)15-10-16(21-11-20-15)22(2)7-8-23-3/h5-6,9-11,17H,4,7-8,18-19H2,1-3H3. The van der Waals surface area contributed by atoms with E-state index in [2.05, 4.69) is 9.97 Å². The maximum absolute atomic E-state index is 6.38. The van der Waals surface area contributed by atoms with Crippen molar-refractivity contribution in [2.75, 3.05) is 44.5 Å². The first-order valence-corrected chi connectivity index (χ1v) is 7.86. The molecule has 1 atom stereocenters. The Kier molecular flexibility index (Phi) is 6.34. The molecule has 7 nitrogen and oxygen atoms in total. The van der Waals surface area contributed by atoms with Gasteiger partial charge in [-0.1, -0.05) is 0 Å². The minimum absolute atomic E-state index is 0.456. The van der Waals surface area contributed by atoms with Gasteiger partial charge in [0.15, 0.2) is 0 Å². The van der Waals surface area contributed by atoms with Crippen molar-refractivity contribution >= 4 is 11.5 Å². The molecule has 0 amide bonds. The summed E-state index contributed by atoms with van der Waals surface area (Å²) >= 11 is 0. The summed E-state index contributed by atoms with van der Waals surface area (Å²) in [5.74, 6) is 1.52. The van der Waals surface area contributed by atoms with E-state index in [9.17, 15) is 0 Å². The Labute approximate surface area is 142 Å². The van der Waals surface area contributed by atoms with Crippen LogP contribution in [0.5, 0.6) is 5.75 Å². The van der Waals surface area contributed by atoms with Crippen LogP contribution in [0.3, 0.4) is 0 Å². The molecule has 1 heterocycles. The fourth-order valence-electron chi connectivity index (χ4n) is 2.32. The van der Waals surface area contributed by atoms with Crippen LogP contribution >= 0.6 is 0 Å². The highest BCUT2D eigenvalue weighted by Crippen LogP contribution is 2.28. The summed E-state index contributed by atoms with van der Waals surface area (Å²) in [7, 11) is 3.62. The van der Waals surface area contributed by atoms with Gasteiger partial charge in [-0.3, -0.25) is 0 Å². The summed E-state index contributed by atoms with van der Waals surface area (Å²) in [5, 5.41) is 0. The summed E-state index contributed by atoms with van der Waals surface area (Å²) in [6, 6.07) is 6.90. The number of hydrogen-bond acceptors (Lipinski definition) is 7. The van der Waals surface area contributed by atoms with E-state index in [0.717, 1.165) is 23.7 Å². The second-order valence-corrected chi connectivity index (χ2v) is 5.42. The lowest BCUT2D eigenvalue weighted by molar-refractivity contribution is 0.206. The van der Waals surface area contributed by atoms with Crippen LogP contribution < -0.4 is 21.1 Å². The largest absolute Gasteiger partial charge is 0.494 e. The van der Waals surface area contributed by atoms with Gasteiger partial charge in [0, 0.05) is 38.0 Å². The van der Waals surface area contributed by atoms with E-state index in [1.807, 2.05) is 37.1 Å². The summed E-state index contributed by atoms with van der Waals surface area (Å²) in [5.41, 5.74) is 14.6. The number of nitrogens with two attached hydrogens (primary N) is 2. The first-order chi connectivity index (χ1) is 11.6. The van der Waals surface area contributed by atoms with Crippen molar-refractivity contribution in [2.24, 2.45) is 5.73 Å². The van der Waals surface area contributed by atoms with Crippen molar-refractivity contribution in [3.63, 3.8) is 0 Å². The van der Waals surface area contributed by atoms with Crippen molar-refractivity contribution in [1.29, 1.82) is 0 Å². The Balaban J connectivity index is 2.26. The molecular formula is C17H25N5O2. The van der Waals surface area contributed by atoms with E-state index in [4.69, 9.17) is 20.9 Å². The molecule has 7 heteroatoms. The molecule has 1 aromatic carbocycles. The van der Waals surface area contributed by atoms with E-state index < -0.39 is 6.04 Å². The van der Waals surface area contributed by atoms with E-state index in [-0.39, 0.29) is 0 Å². The molecule has 0 aliphatic carbocycles. The predicted molar refractivity (Wildman–Crippen MR) is 95.2 cm³/mol. The van der Waals surface area contributed by atoms with E-state index in [1.165, 1.54) is 6.33 Å². The molecule has 130 valence electrons. The Morgan fingerprint density at radius 1 is 1.25 bits per heavy atom.